The Hall–Kier alpha value is -1.84. The van der Waals surface area contributed by atoms with Crippen LogP contribution in [0.25, 0.3) is 11.1 Å². The van der Waals surface area contributed by atoms with Gasteiger partial charge in [-0.3, -0.25) is 0 Å². The van der Waals surface area contributed by atoms with E-state index < -0.39 is 0 Å². The van der Waals surface area contributed by atoms with E-state index in [1.807, 2.05) is 12.1 Å². The molecule has 1 aliphatic carbocycles. The van der Waals surface area contributed by atoms with Gasteiger partial charge in [0, 0.05) is 0 Å². The van der Waals surface area contributed by atoms with Crippen molar-refractivity contribution in [1.29, 1.82) is 0 Å². The lowest BCUT2D eigenvalue weighted by Gasteiger charge is -2.15. The van der Waals surface area contributed by atoms with Crippen molar-refractivity contribution in [2.75, 3.05) is 0 Å². The van der Waals surface area contributed by atoms with Gasteiger partial charge in [-0.15, -0.1) is 0 Å². The molecule has 0 spiro atoms. The third-order valence-electron chi connectivity index (χ3n) is 4.04. The zero-order valence-electron chi connectivity index (χ0n) is 12.5. The molecule has 0 aliphatic heterocycles. The quantitative estimate of drug-likeness (QED) is 0.788. The first-order valence-corrected chi connectivity index (χ1v) is 7.21. The van der Waals surface area contributed by atoms with Crippen LogP contribution >= 0.6 is 0 Å². The topological polar surface area (TPSA) is 9.23 Å². The second-order valence-electron chi connectivity index (χ2n) is 5.74. The molecule has 0 amide bonds. The maximum atomic E-state index is 14.4. The lowest BCUT2D eigenvalue weighted by atomic mass is 9.84. The fourth-order valence-electron chi connectivity index (χ4n) is 2.52. The van der Waals surface area contributed by atoms with E-state index in [-0.39, 0.29) is 17.7 Å². The standard InChI is InChI=1S/C17H17BF2O/c1-9-3-6-13(15(18)16(9)19)12-7-8-14(17(20)10(12)2)21-11-4-5-11/h3,6-8,11H,4-5,18H2,1-2H3. The fraction of sp³-hybridized carbons (Fsp3) is 0.294. The van der Waals surface area contributed by atoms with E-state index in [0.717, 1.165) is 18.4 Å². The van der Waals surface area contributed by atoms with Crippen molar-refractivity contribution in [3.05, 3.63) is 47.0 Å². The molecule has 2 aromatic carbocycles. The summed E-state index contributed by atoms with van der Waals surface area (Å²) in [6.07, 6.45) is 2.13. The third kappa shape index (κ3) is 2.55. The van der Waals surface area contributed by atoms with E-state index in [2.05, 4.69) is 0 Å². The molecule has 0 radical (unpaired) electrons. The normalized spacial score (nSPS) is 14.3. The Kier molecular flexibility index (Phi) is 3.48. The summed E-state index contributed by atoms with van der Waals surface area (Å²) in [4.78, 5) is 0. The number of aryl methyl sites for hydroxylation is 1. The van der Waals surface area contributed by atoms with Gasteiger partial charge in [0.1, 0.15) is 13.7 Å². The first-order valence-electron chi connectivity index (χ1n) is 7.21. The fourth-order valence-corrected chi connectivity index (χ4v) is 2.52. The summed E-state index contributed by atoms with van der Waals surface area (Å²) < 4.78 is 34.0. The molecule has 0 heterocycles. The molecule has 1 nitrogen and oxygen atoms in total. The second kappa shape index (κ2) is 5.17. The van der Waals surface area contributed by atoms with Gasteiger partial charge in [0.05, 0.1) is 6.10 Å². The highest BCUT2D eigenvalue weighted by atomic mass is 19.1. The molecular weight excluding hydrogens is 269 g/mol. The smallest absolute Gasteiger partial charge is 0.168 e. The van der Waals surface area contributed by atoms with E-state index in [4.69, 9.17) is 4.74 Å². The molecule has 1 saturated carbocycles. The zero-order chi connectivity index (χ0) is 15.1. The maximum absolute atomic E-state index is 14.4. The second-order valence-corrected chi connectivity index (χ2v) is 5.74. The van der Waals surface area contributed by atoms with Crippen molar-refractivity contribution in [1.82, 2.24) is 0 Å². The maximum Gasteiger partial charge on any atom is 0.168 e. The minimum Gasteiger partial charge on any atom is -0.487 e. The van der Waals surface area contributed by atoms with E-state index >= 15 is 0 Å². The van der Waals surface area contributed by atoms with Gasteiger partial charge in [-0.2, -0.15) is 0 Å². The monoisotopic (exact) mass is 286 g/mol. The molecule has 0 atom stereocenters. The number of halogens is 2. The molecule has 1 fully saturated rings. The molecular formula is C17H17BF2O. The Balaban J connectivity index is 2.06. The third-order valence-corrected chi connectivity index (χ3v) is 4.04. The number of rotatable bonds is 3. The Morgan fingerprint density at radius 2 is 1.67 bits per heavy atom. The van der Waals surface area contributed by atoms with Gasteiger partial charge >= 0.3 is 0 Å². The first kappa shape index (κ1) is 14.1. The summed E-state index contributed by atoms with van der Waals surface area (Å²) in [5, 5.41) is 0. The number of hydrogen-bond donors (Lipinski definition) is 0. The van der Waals surface area contributed by atoms with E-state index in [0.29, 0.717) is 27.9 Å². The molecule has 21 heavy (non-hydrogen) atoms. The average Bonchev–Trinajstić information content (AvgIpc) is 3.27. The summed E-state index contributed by atoms with van der Waals surface area (Å²) in [5.41, 5.74) is 3.09. The van der Waals surface area contributed by atoms with Crippen molar-refractivity contribution >= 4 is 13.3 Å². The van der Waals surface area contributed by atoms with Gasteiger partial charge in [-0.05, 0) is 60.5 Å². The largest absolute Gasteiger partial charge is 0.487 e. The van der Waals surface area contributed by atoms with Crippen LogP contribution in [0.2, 0.25) is 0 Å². The summed E-state index contributed by atoms with van der Waals surface area (Å²) in [7, 11) is 1.73. The Morgan fingerprint density at radius 3 is 2.33 bits per heavy atom. The SMILES string of the molecule is Bc1c(-c2ccc(OC3CC3)c(F)c2C)ccc(C)c1F. The lowest BCUT2D eigenvalue weighted by Crippen LogP contribution is -2.14. The van der Waals surface area contributed by atoms with Gasteiger partial charge in [0.2, 0.25) is 0 Å². The molecule has 0 N–H and O–H groups in total. The summed E-state index contributed by atoms with van der Waals surface area (Å²) in [5.74, 6) is -0.283. The van der Waals surface area contributed by atoms with Crippen LogP contribution in [-0.4, -0.2) is 14.0 Å². The van der Waals surface area contributed by atoms with Crippen LogP contribution in [0.4, 0.5) is 8.78 Å². The van der Waals surface area contributed by atoms with Crippen molar-refractivity contribution in [2.24, 2.45) is 0 Å². The van der Waals surface area contributed by atoms with Crippen molar-refractivity contribution in [3.63, 3.8) is 0 Å². The Morgan fingerprint density at radius 1 is 1.00 bits per heavy atom. The van der Waals surface area contributed by atoms with E-state index in [1.165, 1.54) is 0 Å². The van der Waals surface area contributed by atoms with Gasteiger partial charge < -0.3 is 4.74 Å². The minimum absolute atomic E-state index is 0.156. The van der Waals surface area contributed by atoms with Crippen LogP contribution in [0.15, 0.2) is 24.3 Å². The highest BCUT2D eigenvalue weighted by molar-refractivity contribution is 6.36. The number of hydrogen-bond acceptors (Lipinski definition) is 1. The van der Waals surface area contributed by atoms with Crippen molar-refractivity contribution in [3.8, 4) is 16.9 Å². The van der Waals surface area contributed by atoms with Crippen LogP contribution in [0.3, 0.4) is 0 Å². The van der Waals surface area contributed by atoms with E-state index in [1.54, 1.807) is 33.8 Å². The molecule has 3 rings (SSSR count). The van der Waals surface area contributed by atoms with Crippen LogP contribution < -0.4 is 10.2 Å². The molecule has 0 bridgehead atoms. The highest BCUT2D eigenvalue weighted by Gasteiger charge is 2.25. The van der Waals surface area contributed by atoms with Crippen LogP contribution in [-0.2, 0) is 0 Å². The van der Waals surface area contributed by atoms with E-state index in [9.17, 15) is 8.78 Å². The summed E-state index contributed by atoms with van der Waals surface area (Å²) in [6.45, 7) is 3.44. The summed E-state index contributed by atoms with van der Waals surface area (Å²) in [6, 6.07) is 7.03. The molecule has 0 saturated heterocycles. The average molecular weight is 286 g/mol. The minimum atomic E-state index is -0.347. The first-order chi connectivity index (χ1) is 9.99. The Labute approximate surface area is 124 Å². The zero-order valence-corrected chi connectivity index (χ0v) is 12.5. The number of ether oxygens (including phenoxy) is 1. The van der Waals surface area contributed by atoms with Crippen molar-refractivity contribution in [2.45, 2.75) is 32.8 Å². The predicted octanol–water partition coefficient (Wildman–Crippen LogP) is 3.05. The lowest BCUT2D eigenvalue weighted by molar-refractivity contribution is 0.287. The molecule has 108 valence electrons. The van der Waals surface area contributed by atoms with Gasteiger partial charge in [-0.1, -0.05) is 18.2 Å². The van der Waals surface area contributed by atoms with Gasteiger partial charge in [0.25, 0.3) is 0 Å². The predicted molar refractivity (Wildman–Crippen MR) is 83.1 cm³/mol. The molecule has 0 aromatic heterocycles. The van der Waals surface area contributed by atoms with Crippen LogP contribution in [0.5, 0.6) is 5.75 Å². The molecule has 2 aromatic rings. The summed E-state index contributed by atoms with van der Waals surface area (Å²) >= 11 is 0. The molecule has 4 heteroatoms. The number of benzene rings is 2. The molecule has 0 unspecified atom stereocenters. The van der Waals surface area contributed by atoms with Gasteiger partial charge in [-0.25, -0.2) is 8.78 Å². The van der Waals surface area contributed by atoms with Crippen LogP contribution in [0, 0.1) is 25.5 Å². The Bertz CT molecular complexity index is 708. The highest BCUT2D eigenvalue weighted by Crippen LogP contribution is 2.33. The van der Waals surface area contributed by atoms with Crippen molar-refractivity contribution < 1.29 is 13.5 Å². The van der Waals surface area contributed by atoms with Gasteiger partial charge in [0.15, 0.2) is 11.6 Å². The molecule has 1 aliphatic rings. The van der Waals surface area contributed by atoms with Crippen LogP contribution in [0.1, 0.15) is 24.0 Å².